The lowest BCUT2D eigenvalue weighted by Gasteiger charge is -2.37. The third kappa shape index (κ3) is 5.07. The van der Waals surface area contributed by atoms with Crippen LogP contribution in [0.4, 0.5) is 0 Å². The summed E-state index contributed by atoms with van der Waals surface area (Å²) in [5.41, 5.74) is 1.91. The van der Waals surface area contributed by atoms with Crippen LogP contribution in [0.2, 0.25) is 0 Å². The van der Waals surface area contributed by atoms with Gasteiger partial charge in [0.2, 0.25) is 5.91 Å². The molecule has 0 aromatic heterocycles. The van der Waals surface area contributed by atoms with E-state index in [1.54, 1.807) is 0 Å². The van der Waals surface area contributed by atoms with E-state index in [0.717, 1.165) is 30.4 Å². The normalized spacial score (nSPS) is 16.5. The van der Waals surface area contributed by atoms with Crippen molar-refractivity contribution in [3.05, 3.63) is 35.4 Å². The van der Waals surface area contributed by atoms with Crippen molar-refractivity contribution in [2.24, 2.45) is 5.41 Å². The van der Waals surface area contributed by atoms with Crippen LogP contribution in [-0.2, 0) is 17.6 Å². The van der Waals surface area contributed by atoms with Gasteiger partial charge in [0.25, 0.3) is 0 Å². The van der Waals surface area contributed by atoms with E-state index in [4.69, 9.17) is 5.26 Å². The fourth-order valence-electron chi connectivity index (χ4n) is 3.56. The zero-order valence-corrected chi connectivity index (χ0v) is 13.7. The second-order valence-electron chi connectivity index (χ2n) is 6.59. The van der Waals surface area contributed by atoms with Crippen LogP contribution < -0.4 is 5.32 Å². The Balaban J connectivity index is 1.93. The second-order valence-corrected chi connectivity index (χ2v) is 6.59. The second kappa shape index (κ2) is 8.69. The average Bonchev–Trinajstić information content (AvgIpc) is 2.56. The molecule has 0 atom stereocenters. The highest BCUT2D eigenvalue weighted by Crippen LogP contribution is 2.38. The van der Waals surface area contributed by atoms with Crippen molar-refractivity contribution in [3.63, 3.8) is 0 Å². The number of carbonyl (C=O) groups excluding carboxylic acids is 1. The maximum absolute atomic E-state index is 12.3. The molecule has 2 rings (SSSR count). The van der Waals surface area contributed by atoms with Crippen molar-refractivity contribution in [3.8, 4) is 6.07 Å². The van der Waals surface area contributed by atoms with Gasteiger partial charge in [-0.15, -0.1) is 0 Å². The van der Waals surface area contributed by atoms with E-state index >= 15 is 0 Å². The highest BCUT2D eigenvalue weighted by molar-refractivity contribution is 5.79. The molecular weight excluding hydrogens is 288 g/mol. The topological polar surface area (TPSA) is 73.1 Å². The quantitative estimate of drug-likeness (QED) is 0.813. The summed E-state index contributed by atoms with van der Waals surface area (Å²) in [6.45, 7) is 0.827. The molecular formula is C19H26N2O2. The molecule has 0 spiro atoms. The van der Waals surface area contributed by atoms with E-state index in [1.807, 2.05) is 24.3 Å². The summed E-state index contributed by atoms with van der Waals surface area (Å²) >= 11 is 0. The van der Waals surface area contributed by atoms with Crippen LogP contribution >= 0.6 is 0 Å². The first-order valence-corrected chi connectivity index (χ1v) is 8.50. The molecule has 23 heavy (non-hydrogen) atoms. The Morgan fingerprint density at radius 2 is 1.91 bits per heavy atom. The summed E-state index contributed by atoms with van der Waals surface area (Å²) < 4.78 is 0. The number of nitrogens with one attached hydrogen (secondary N) is 1. The maximum atomic E-state index is 12.3. The average molecular weight is 314 g/mol. The predicted molar refractivity (Wildman–Crippen MR) is 89.7 cm³/mol. The van der Waals surface area contributed by atoms with Gasteiger partial charge in [0.05, 0.1) is 18.9 Å². The molecule has 1 saturated carbocycles. The van der Waals surface area contributed by atoms with Crippen LogP contribution in [0.15, 0.2) is 24.3 Å². The highest BCUT2D eigenvalue weighted by atomic mass is 16.3. The molecule has 4 nitrogen and oxygen atoms in total. The Morgan fingerprint density at radius 3 is 2.57 bits per heavy atom. The third-order valence-corrected chi connectivity index (χ3v) is 4.96. The lowest BCUT2D eigenvalue weighted by molar-refractivity contribution is -0.121. The number of hydrogen-bond acceptors (Lipinski definition) is 3. The number of amides is 1. The molecule has 0 heterocycles. The first-order chi connectivity index (χ1) is 11.2. The molecule has 0 aliphatic heterocycles. The standard InChI is InChI=1S/C19H26N2O2/c20-12-8-16-6-2-3-7-17(16)14-18(23)21-15-19(11-13-22)9-4-1-5-10-19/h2-3,6-7,22H,1,4-5,8-11,13-15H2,(H,21,23). The molecule has 0 unspecified atom stereocenters. The van der Waals surface area contributed by atoms with Gasteiger partial charge < -0.3 is 10.4 Å². The lowest BCUT2D eigenvalue weighted by atomic mass is 9.72. The fourth-order valence-corrected chi connectivity index (χ4v) is 3.56. The Hall–Kier alpha value is -1.86. The minimum Gasteiger partial charge on any atom is -0.396 e. The van der Waals surface area contributed by atoms with E-state index in [-0.39, 0.29) is 17.9 Å². The minimum absolute atomic E-state index is 0.00159. The Bertz CT molecular complexity index is 551. The van der Waals surface area contributed by atoms with Gasteiger partial charge >= 0.3 is 0 Å². The Morgan fingerprint density at radius 1 is 1.22 bits per heavy atom. The van der Waals surface area contributed by atoms with Gasteiger partial charge in [0, 0.05) is 13.2 Å². The monoisotopic (exact) mass is 314 g/mol. The van der Waals surface area contributed by atoms with E-state index in [0.29, 0.717) is 19.4 Å². The van der Waals surface area contributed by atoms with Crippen LogP contribution in [-0.4, -0.2) is 24.2 Å². The largest absolute Gasteiger partial charge is 0.396 e. The number of aliphatic hydroxyl groups excluding tert-OH is 1. The molecule has 0 bridgehead atoms. The van der Waals surface area contributed by atoms with Crippen LogP contribution in [0, 0.1) is 16.7 Å². The van der Waals surface area contributed by atoms with Crippen LogP contribution in [0.25, 0.3) is 0 Å². The van der Waals surface area contributed by atoms with E-state index < -0.39 is 0 Å². The predicted octanol–water partition coefficient (Wildman–Crippen LogP) is 2.74. The number of benzene rings is 1. The number of rotatable bonds is 7. The lowest BCUT2D eigenvalue weighted by Crippen LogP contribution is -2.40. The summed E-state index contributed by atoms with van der Waals surface area (Å²) in [4.78, 5) is 12.3. The van der Waals surface area contributed by atoms with Gasteiger partial charge in [-0.05, 0) is 35.8 Å². The SMILES string of the molecule is N#CCc1ccccc1CC(=O)NCC1(CCO)CCCCC1. The van der Waals surface area contributed by atoms with Gasteiger partial charge in [-0.2, -0.15) is 5.26 Å². The van der Waals surface area contributed by atoms with Crippen LogP contribution in [0.1, 0.15) is 49.7 Å². The molecule has 124 valence electrons. The molecule has 1 amide bonds. The van der Waals surface area contributed by atoms with Gasteiger partial charge in [-0.3, -0.25) is 4.79 Å². The van der Waals surface area contributed by atoms with Crippen molar-refractivity contribution in [1.82, 2.24) is 5.32 Å². The summed E-state index contributed by atoms with van der Waals surface area (Å²) in [5.74, 6) is -0.00159. The highest BCUT2D eigenvalue weighted by Gasteiger charge is 2.31. The summed E-state index contributed by atoms with van der Waals surface area (Å²) in [5, 5.41) is 21.3. The number of nitriles is 1. The van der Waals surface area contributed by atoms with Gasteiger partial charge in [0.1, 0.15) is 0 Å². The van der Waals surface area contributed by atoms with Gasteiger partial charge in [-0.1, -0.05) is 43.5 Å². The molecule has 2 N–H and O–H groups in total. The summed E-state index contributed by atoms with van der Waals surface area (Å²) in [6.07, 6.45) is 7.19. The molecule has 1 aliphatic rings. The van der Waals surface area contributed by atoms with Gasteiger partial charge in [-0.25, -0.2) is 0 Å². The van der Waals surface area contributed by atoms with E-state index in [9.17, 15) is 9.90 Å². The molecule has 1 fully saturated rings. The Kier molecular flexibility index (Phi) is 6.61. The molecule has 0 saturated heterocycles. The third-order valence-electron chi connectivity index (χ3n) is 4.96. The van der Waals surface area contributed by atoms with Crippen molar-refractivity contribution in [2.75, 3.05) is 13.2 Å². The van der Waals surface area contributed by atoms with Crippen LogP contribution in [0.3, 0.4) is 0 Å². The summed E-state index contributed by atoms with van der Waals surface area (Å²) in [7, 11) is 0. The molecule has 1 aromatic carbocycles. The number of aliphatic hydroxyl groups is 1. The number of hydrogen-bond donors (Lipinski definition) is 2. The van der Waals surface area contributed by atoms with Crippen molar-refractivity contribution in [2.45, 2.75) is 51.4 Å². The van der Waals surface area contributed by atoms with Crippen molar-refractivity contribution in [1.29, 1.82) is 5.26 Å². The Labute approximate surface area is 138 Å². The van der Waals surface area contributed by atoms with Crippen molar-refractivity contribution >= 4 is 5.91 Å². The number of nitrogens with zero attached hydrogens (tertiary/aromatic N) is 1. The van der Waals surface area contributed by atoms with E-state index in [1.165, 1.54) is 19.3 Å². The van der Waals surface area contributed by atoms with Crippen molar-refractivity contribution < 1.29 is 9.90 Å². The molecule has 1 aromatic rings. The number of carbonyl (C=O) groups is 1. The molecule has 1 aliphatic carbocycles. The van der Waals surface area contributed by atoms with E-state index in [2.05, 4.69) is 11.4 Å². The first-order valence-electron chi connectivity index (χ1n) is 8.50. The fraction of sp³-hybridized carbons (Fsp3) is 0.579. The minimum atomic E-state index is -0.00159. The molecule has 0 radical (unpaired) electrons. The maximum Gasteiger partial charge on any atom is 0.224 e. The first kappa shape index (κ1) is 17.5. The smallest absolute Gasteiger partial charge is 0.224 e. The zero-order chi connectivity index (χ0) is 16.5. The summed E-state index contributed by atoms with van der Waals surface area (Å²) in [6, 6.07) is 9.76. The van der Waals surface area contributed by atoms with Gasteiger partial charge in [0.15, 0.2) is 0 Å². The zero-order valence-electron chi connectivity index (χ0n) is 13.7. The molecule has 4 heteroatoms. The van der Waals surface area contributed by atoms with Crippen LogP contribution in [0.5, 0.6) is 0 Å².